The Kier molecular flexibility index (Phi) is 5.93. The molecule has 1 aliphatic heterocycles. The molecule has 0 radical (unpaired) electrons. The maximum Gasteiger partial charge on any atom is 0.332 e. The second-order valence-corrected chi connectivity index (χ2v) is 7.32. The lowest BCUT2D eigenvalue weighted by Gasteiger charge is -2.21. The second kappa shape index (κ2) is 8.97. The Morgan fingerprint density at radius 2 is 1.59 bits per heavy atom. The third-order valence-electron chi connectivity index (χ3n) is 5.08. The van der Waals surface area contributed by atoms with Gasteiger partial charge in [0.25, 0.3) is 5.91 Å². The summed E-state index contributed by atoms with van der Waals surface area (Å²) in [6.45, 7) is -0.0415. The van der Waals surface area contributed by atoms with Crippen molar-refractivity contribution in [2.45, 2.75) is 19.0 Å². The van der Waals surface area contributed by atoms with Crippen LogP contribution in [0.4, 0.5) is 25.0 Å². The van der Waals surface area contributed by atoms with Crippen molar-refractivity contribution in [2.75, 3.05) is 10.2 Å². The summed E-state index contributed by atoms with van der Waals surface area (Å²) in [4.78, 5) is 41.2. The van der Waals surface area contributed by atoms with E-state index in [1.54, 1.807) is 36.4 Å². The van der Waals surface area contributed by atoms with Gasteiger partial charge in [-0.3, -0.25) is 9.59 Å². The number of imide groups is 1. The van der Waals surface area contributed by atoms with Gasteiger partial charge in [0.05, 0.1) is 12.1 Å². The number of benzene rings is 3. The maximum atomic E-state index is 13.7. The van der Waals surface area contributed by atoms with Gasteiger partial charge in [0.1, 0.15) is 17.7 Å². The Bertz CT molecular complexity index is 1150. The Morgan fingerprint density at radius 1 is 0.875 bits per heavy atom. The zero-order valence-electron chi connectivity index (χ0n) is 16.9. The lowest BCUT2D eigenvalue weighted by atomic mass is 10.1. The molecule has 4 amide bonds. The van der Waals surface area contributed by atoms with E-state index in [4.69, 9.17) is 0 Å². The van der Waals surface area contributed by atoms with Crippen molar-refractivity contribution in [3.63, 3.8) is 0 Å². The van der Waals surface area contributed by atoms with Gasteiger partial charge in [-0.1, -0.05) is 30.3 Å². The Morgan fingerprint density at radius 3 is 2.28 bits per heavy atom. The fourth-order valence-corrected chi connectivity index (χ4v) is 3.58. The number of halogens is 2. The third-order valence-corrected chi connectivity index (χ3v) is 5.08. The van der Waals surface area contributed by atoms with Crippen LogP contribution in [-0.2, 0) is 16.1 Å². The number of nitrogens with one attached hydrogen (secondary N) is 1. The van der Waals surface area contributed by atoms with Crippen LogP contribution in [0.1, 0.15) is 12.0 Å². The number of nitrogens with zero attached hydrogens (tertiary/aromatic N) is 2. The number of carbonyl (C=O) groups is 3. The molecule has 0 saturated carbocycles. The molecule has 32 heavy (non-hydrogen) atoms. The van der Waals surface area contributed by atoms with E-state index in [1.165, 1.54) is 47.4 Å². The van der Waals surface area contributed by atoms with Crippen molar-refractivity contribution in [1.82, 2.24) is 4.90 Å². The van der Waals surface area contributed by atoms with E-state index in [-0.39, 0.29) is 13.0 Å². The minimum atomic E-state index is -1.08. The normalized spacial score (nSPS) is 15.9. The standard InChI is InChI=1S/C24H19F2N3O3/c25-17-9-11-19(12-10-17)27-22(30)14-21-23(31)29(20-7-2-1-3-8-20)24(32)28(21)15-16-5-4-6-18(26)13-16/h1-13,21H,14-15H2,(H,27,30)/t21-/m0/s1. The first-order chi connectivity index (χ1) is 15.4. The smallest absolute Gasteiger partial charge is 0.326 e. The van der Waals surface area contributed by atoms with Gasteiger partial charge < -0.3 is 10.2 Å². The number of carbonyl (C=O) groups excluding carboxylic acids is 3. The van der Waals surface area contributed by atoms with Crippen LogP contribution in [0, 0.1) is 11.6 Å². The molecule has 0 bridgehead atoms. The number of hydrogen-bond acceptors (Lipinski definition) is 3. The molecule has 6 nitrogen and oxygen atoms in total. The van der Waals surface area contributed by atoms with Gasteiger partial charge in [0, 0.05) is 12.2 Å². The Balaban J connectivity index is 1.59. The number of anilines is 2. The number of hydrogen-bond donors (Lipinski definition) is 1. The molecule has 8 heteroatoms. The molecule has 1 heterocycles. The highest BCUT2D eigenvalue weighted by atomic mass is 19.1. The summed E-state index contributed by atoms with van der Waals surface area (Å²) in [6.07, 6.45) is -0.305. The predicted molar refractivity (Wildman–Crippen MR) is 115 cm³/mol. The van der Waals surface area contributed by atoms with Crippen LogP contribution in [0.15, 0.2) is 78.9 Å². The zero-order valence-corrected chi connectivity index (χ0v) is 16.9. The van der Waals surface area contributed by atoms with Gasteiger partial charge in [0.15, 0.2) is 0 Å². The Labute approximate surface area is 183 Å². The predicted octanol–water partition coefficient (Wildman–Crippen LogP) is 4.33. The molecule has 1 saturated heterocycles. The van der Waals surface area contributed by atoms with Crippen molar-refractivity contribution >= 4 is 29.2 Å². The molecule has 1 aliphatic rings. The number of para-hydroxylation sites is 1. The van der Waals surface area contributed by atoms with Crippen molar-refractivity contribution < 1.29 is 23.2 Å². The average molecular weight is 435 g/mol. The first kappa shape index (κ1) is 21.2. The molecule has 0 spiro atoms. The van der Waals surface area contributed by atoms with E-state index < -0.39 is 35.5 Å². The number of amides is 4. The molecule has 162 valence electrons. The second-order valence-electron chi connectivity index (χ2n) is 7.32. The quantitative estimate of drug-likeness (QED) is 0.586. The van der Waals surface area contributed by atoms with Crippen molar-refractivity contribution in [3.8, 4) is 0 Å². The third kappa shape index (κ3) is 4.49. The van der Waals surface area contributed by atoms with Crippen molar-refractivity contribution in [3.05, 3.63) is 96.1 Å². The van der Waals surface area contributed by atoms with Crippen LogP contribution in [0.25, 0.3) is 0 Å². The molecule has 0 unspecified atom stereocenters. The SMILES string of the molecule is O=C(C[C@H]1C(=O)N(c2ccccc2)C(=O)N1Cc1cccc(F)c1)Nc1ccc(F)cc1. The molecule has 1 atom stereocenters. The molecule has 1 N–H and O–H groups in total. The fraction of sp³-hybridized carbons (Fsp3) is 0.125. The molecule has 1 fully saturated rings. The maximum absolute atomic E-state index is 13.7. The van der Waals surface area contributed by atoms with Gasteiger partial charge in [-0.05, 0) is 54.1 Å². The minimum Gasteiger partial charge on any atom is -0.326 e. The summed E-state index contributed by atoms with van der Waals surface area (Å²) in [5, 5.41) is 2.61. The van der Waals surface area contributed by atoms with Crippen LogP contribution in [0.5, 0.6) is 0 Å². The molecule has 3 aromatic rings. The number of urea groups is 1. The van der Waals surface area contributed by atoms with Crippen molar-refractivity contribution in [2.24, 2.45) is 0 Å². The molecule has 4 rings (SSSR count). The zero-order chi connectivity index (χ0) is 22.7. The largest absolute Gasteiger partial charge is 0.332 e. The van der Waals surface area contributed by atoms with E-state index in [0.717, 1.165) is 4.90 Å². The van der Waals surface area contributed by atoms with E-state index in [0.29, 0.717) is 16.9 Å². The summed E-state index contributed by atoms with van der Waals surface area (Å²) >= 11 is 0. The molecule has 3 aromatic carbocycles. The van der Waals surface area contributed by atoms with E-state index in [1.807, 2.05) is 0 Å². The topological polar surface area (TPSA) is 69.7 Å². The van der Waals surface area contributed by atoms with Gasteiger partial charge in [-0.25, -0.2) is 18.5 Å². The summed E-state index contributed by atoms with van der Waals surface area (Å²) in [6, 6.07) is 17.6. The Hall–Kier alpha value is -4.07. The lowest BCUT2D eigenvalue weighted by Crippen LogP contribution is -2.37. The highest BCUT2D eigenvalue weighted by molar-refractivity contribution is 6.22. The van der Waals surface area contributed by atoms with Crippen LogP contribution < -0.4 is 10.2 Å². The molecular weight excluding hydrogens is 416 g/mol. The first-order valence-electron chi connectivity index (χ1n) is 9.92. The summed E-state index contributed by atoms with van der Waals surface area (Å²) in [7, 11) is 0. The van der Waals surface area contributed by atoms with E-state index in [9.17, 15) is 23.2 Å². The van der Waals surface area contributed by atoms with Crippen molar-refractivity contribution in [1.29, 1.82) is 0 Å². The highest BCUT2D eigenvalue weighted by Gasteiger charge is 2.46. The molecule has 0 aromatic heterocycles. The summed E-state index contributed by atoms with van der Waals surface area (Å²) in [5.74, 6) is -1.97. The first-order valence-corrected chi connectivity index (χ1v) is 9.92. The van der Waals surface area contributed by atoms with Gasteiger partial charge in [-0.15, -0.1) is 0 Å². The van der Waals surface area contributed by atoms with Crippen LogP contribution in [0.2, 0.25) is 0 Å². The van der Waals surface area contributed by atoms with Gasteiger partial charge >= 0.3 is 6.03 Å². The fourth-order valence-electron chi connectivity index (χ4n) is 3.58. The highest BCUT2D eigenvalue weighted by Crippen LogP contribution is 2.28. The average Bonchev–Trinajstić information content (AvgIpc) is 3.00. The minimum absolute atomic E-state index is 0.0415. The van der Waals surface area contributed by atoms with E-state index >= 15 is 0 Å². The van der Waals surface area contributed by atoms with Gasteiger partial charge in [0.2, 0.25) is 5.91 Å². The van der Waals surface area contributed by atoms with Gasteiger partial charge in [-0.2, -0.15) is 0 Å². The van der Waals surface area contributed by atoms with Crippen LogP contribution >= 0.6 is 0 Å². The summed E-state index contributed by atoms with van der Waals surface area (Å²) < 4.78 is 26.8. The molecule has 0 aliphatic carbocycles. The molecular formula is C24H19F2N3O3. The monoisotopic (exact) mass is 435 g/mol. The van der Waals surface area contributed by atoms with Crippen LogP contribution in [-0.4, -0.2) is 28.8 Å². The lowest BCUT2D eigenvalue weighted by molar-refractivity contribution is -0.124. The van der Waals surface area contributed by atoms with E-state index in [2.05, 4.69) is 5.32 Å². The number of rotatable bonds is 6. The summed E-state index contributed by atoms with van der Waals surface area (Å²) in [5.41, 5.74) is 1.24. The van der Waals surface area contributed by atoms with Crippen LogP contribution in [0.3, 0.4) is 0 Å².